The fourth-order valence-corrected chi connectivity index (χ4v) is 2.34. The van der Waals surface area contributed by atoms with Crippen LogP contribution in [0.1, 0.15) is 32.1 Å². The van der Waals surface area contributed by atoms with E-state index < -0.39 is 6.09 Å². The minimum absolute atomic E-state index is 0.0443. The number of amides is 1. The van der Waals surface area contributed by atoms with Crippen LogP contribution in [0.2, 0.25) is 0 Å². The topological polar surface area (TPSA) is 56.8 Å². The van der Waals surface area contributed by atoms with Gasteiger partial charge in [0, 0.05) is 19.4 Å². The molecule has 1 saturated heterocycles. The number of hydrogen-bond acceptors (Lipinski definition) is 4. The molecular formula is C11H19NO4. The number of methoxy groups -OCH3 is 1. The van der Waals surface area contributed by atoms with Crippen molar-refractivity contribution < 1.29 is 19.0 Å². The van der Waals surface area contributed by atoms with E-state index in [0.29, 0.717) is 13.2 Å². The second-order valence-corrected chi connectivity index (χ2v) is 4.39. The molecule has 0 aromatic rings. The number of carbonyl (C=O) groups is 1. The molecule has 1 spiro atoms. The zero-order valence-electron chi connectivity index (χ0n) is 9.66. The summed E-state index contributed by atoms with van der Waals surface area (Å²) in [5.74, 6) is -0.360. The fraction of sp³-hybridized carbons (Fsp3) is 0.909. The number of hydrogen-bond donors (Lipinski definition) is 1. The summed E-state index contributed by atoms with van der Waals surface area (Å²) in [7, 11) is 1.35. The van der Waals surface area contributed by atoms with Crippen LogP contribution in [-0.2, 0) is 14.2 Å². The SMILES string of the molecule is COC(=O)NCC1COC2(CCCCC2)O1. The molecule has 1 amide bonds. The van der Waals surface area contributed by atoms with E-state index in [1.807, 2.05) is 0 Å². The van der Waals surface area contributed by atoms with Gasteiger partial charge in [-0.2, -0.15) is 0 Å². The van der Waals surface area contributed by atoms with Crippen molar-refractivity contribution in [3.63, 3.8) is 0 Å². The number of carbonyl (C=O) groups excluding carboxylic acids is 1. The summed E-state index contributed by atoms with van der Waals surface area (Å²) < 4.78 is 16.1. The van der Waals surface area contributed by atoms with Crippen LogP contribution in [0.5, 0.6) is 0 Å². The Morgan fingerprint density at radius 3 is 2.88 bits per heavy atom. The van der Waals surface area contributed by atoms with Gasteiger partial charge in [-0.1, -0.05) is 6.42 Å². The maximum Gasteiger partial charge on any atom is 0.406 e. The Labute approximate surface area is 95.4 Å². The van der Waals surface area contributed by atoms with Gasteiger partial charge in [-0.3, -0.25) is 0 Å². The molecule has 2 aliphatic rings. The van der Waals surface area contributed by atoms with Crippen LogP contribution < -0.4 is 5.32 Å². The van der Waals surface area contributed by atoms with Crippen molar-refractivity contribution >= 4 is 6.09 Å². The Hall–Kier alpha value is -0.810. The summed E-state index contributed by atoms with van der Waals surface area (Å²) in [6.07, 6.45) is 5.07. The van der Waals surface area contributed by atoms with E-state index in [1.54, 1.807) is 0 Å². The summed E-state index contributed by atoms with van der Waals surface area (Å²) >= 11 is 0. The van der Waals surface area contributed by atoms with Crippen molar-refractivity contribution in [3.05, 3.63) is 0 Å². The maximum absolute atomic E-state index is 10.9. The lowest BCUT2D eigenvalue weighted by Gasteiger charge is -2.31. The molecule has 0 radical (unpaired) electrons. The van der Waals surface area contributed by atoms with Crippen molar-refractivity contribution in [3.8, 4) is 0 Å². The molecule has 5 heteroatoms. The van der Waals surface area contributed by atoms with Crippen LogP contribution in [0.3, 0.4) is 0 Å². The fourth-order valence-electron chi connectivity index (χ4n) is 2.34. The van der Waals surface area contributed by atoms with Crippen molar-refractivity contribution in [1.82, 2.24) is 5.32 Å². The smallest absolute Gasteiger partial charge is 0.406 e. The van der Waals surface area contributed by atoms with E-state index in [1.165, 1.54) is 13.5 Å². The minimum atomic E-state index is -0.423. The third-order valence-electron chi connectivity index (χ3n) is 3.19. The highest BCUT2D eigenvalue weighted by Gasteiger charge is 2.42. The van der Waals surface area contributed by atoms with Gasteiger partial charge in [0.1, 0.15) is 6.10 Å². The van der Waals surface area contributed by atoms with E-state index in [-0.39, 0.29) is 11.9 Å². The van der Waals surface area contributed by atoms with Crippen LogP contribution in [0, 0.1) is 0 Å². The van der Waals surface area contributed by atoms with Crippen LogP contribution in [0.4, 0.5) is 4.79 Å². The number of ether oxygens (including phenoxy) is 3. The molecule has 92 valence electrons. The lowest BCUT2D eigenvalue weighted by atomic mass is 9.94. The second kappa shape index (κ2) is 5.01. The normalized spacial score (nSPS) is 27.9. The number of rotatable bonds is 2. The van der Waals surface area contributed by atoms with Gasteiger partial charge in [-0.05, 0) is 12.8 Å². The molecule has 1 aliphatic heterocycles. The Kier molecular flexibility index (Phi) is 3.66. The third-order valence-corrected chi connectivity index (χ3v) is 3.19. The molecule has 5 nitrogen and oxygen atoms in total. The quantitative estimate of drug-likeness (QED) is 0.778. The van der Waals surface area contributed by atoms with E-state index >= 15 is 0 Å². The zero-order valence-corrected chi connectivity index (χ0v) is 9.66. The monoisotopic (exact) mass is 229 g/mol. The molecule has 1 atom stereocenters. The van der Waals surface area contributed by atoms with Crippen LogP contribution in [0.15, 0.2) is 0 Å². The highest BCUT2D eigenvalue weighted by Crippen LogP contribution is 2.37. The van der Waals surface area contributed by atoms with Crippen molar-refractivity contribution in [2.75, 3.05) is 20.3 Å². The van der Waals surface area contributed by atoms with E-state index in [0.717, 1.165) is 25.7 Å². The molecule has 0 aromatic carbocycles. The molecule has 1 N–H and O–H groups in total. The average molecular weight is 229 g/mol. The summed E-state index contributed by atoms with van der Waals surface area (Å²) in [6.45, 7) is 1.01. The first-order valence-corrected chi connectivity index (χ1v) is 5.88. The van der Waals surface area contributed by atoms with E-state index in [2.05, 4.69) is 10.1 Å². The van der Waals surface area contributed by atoms with Gasteiger partial charge in [-0.15, -0.1) is 0 Å². The highest BCUT2D eigenvalue weighted by atomic mass is 16.7. The molecule has 16 heavy (non-hydrogen) atoms. The first kappa shape index (κ1) is 11.7. The van der Waals surface area contributed by atoms with Gasteiger partial charge in [0.2, 0.25) is 0 Å². The molecule has 0 bridgehead atoms. The zero-order chi connectivity index (χ0) is 11.4. The number of alkyl carbamates (subject to hydrolysis) is 1. The first-order chi connectivity index (χ1) is 7.74. The molecular weight excluding hydrogens is 210 g/mol. The summed E-state index contributed by atoms with van der Waals surface area (Å²) in [6, 6.07) is 0. The first-order valence-electron chi connectivity index (χ1n) is 5.88. The Bertz CT molecular complexity index is 250. The minimum Gasteiger partial charge on any atom is -0.453 e. The predicted octanol–water partition coefficient (Wildman–Crippen LogP) is 1.42. The molecule has 0 aromatic heterocycles. The highest BCUT2D eigenvalue weighted by molar-refractivity contribution is 5.66. The van der Waals surface area contributed by atoms with E-state index in [9.17, 15) is 4.79 Å². The molecule has 1 unspecified atom stereocenters. The van der Waals surface area contributed by atoms with Crippen molar-refractivity contribution in [1.29, 1.82) is 0 Å². The maximum atomic E-state index is 10.9. The average Bonchev–Trinajstić information content (AvgIpc) is 2.70. The van der Waals surface area contributed by atoms with Gasteiger partial charge < -0.3 is 19.5 Å². The van der Waals surface area contributed by atoms with Crippen molar-refractivity contribution in [2.45, 2.75) is 44.0 Å². The standard InChI is InChI=1S/C11H19NO4/c1-14-10(13)12-7-9-8-15-11(16-9)5-3-2-4-6-11/h9H,2-8H2,1H3,(H,12,13). The Morgan fingerprint density at radius 2 is 2.19 bits per heavy atom. The largest absolute Gasteiger partial charge is 0.453 e. The second-order valence-electron chi connectivity index (χ2n) is 4.39. The summed E-state index contributed by atoms with van der Waals surface area (Å²) in [5.41, 5.74) is 0. The molecule has 1 saturated carbocycles. The molecule has 2 rings (SSSR count). The lowest BCUT2D eigenvalue weighted by molar-refractivity contribution is -0.186. The molecule has 1 aliphatic carbocycles. The number of nitrogens with one attached hydrogen (secondary N) is 1. The van der Waals surface area contributed by atoms with Crippen LogP contribution in [0.25, 0.3) is 0 Å². The van der Waals surface area contributed by atoms with Gasteiger partial charge >= 0.3 is 6.09 Å². The summed E-state index contributed by atoms with van der Waals surface area (Å²) in [4.78, 5) is 10.9. The summed E-state index contributed by atoms with van der Waals surface area (Å²) in [5, 5.41) is 2.63. The van der Waals surface area contributed by atoms with E-state index in [4.69, 9.17) is 9.47 Å². The Morgan fingerprint density at radius 1 is 1.44 bits per heavy atom. The Balaban J connectivity index is 1.76. The lowest BCUT2D eigenvalue weighted by Crippen LogP contribution is -2.37. The van der Waals surface area contributed by atoms with Gasteiger partial charge in [0.25, 0.3) is 0 Å². The van der Waals surface area contributed by atoms with Gasteiger partial charge in [0.15, 0.2) is 5.79 Å². The third kappa shape index (κ3) is 2.65. The molecule has 2 fully saturated rings. The van der Waals surface area contributed by atoms with Crippen LogP contribution in [-0.4, -0.2) is 38.2 Å². The van der Waals surface area contributed by atoms with Crippen LogP contribution >= 0.6 is 0 Å². The van der Waals surface area contributed by atoms with Gasteiger partial charge in [-0.25, -0.2) is 4.79 Å². The van der Waals surface area contributed by atoms with Gasteiger partial charge in [0.05, 0.1) is 13.7 Å². The van der Waals surface area contributed by atoms with Crippen molar-refractivity contribution in [2.24, 2.45) is 0 Å². The predicted molar refractivity (Wildman–Crippen MR) is 57.0 cm³/mol. The molecule has 1 heterocycles.